The quantitative estimate of drug-likeness (QED) is 0.690. The van der Waals surface area contributed by atoms with Crippen LogP contribution in [0.1, 0.15) is 18.3 Å². The molecule has 0 radical (unpaired) electrons. The highest BCUT2D eigenvalue weighted by Crippen LogP contribution is 2.31. The van der Waals surface area contributed by atoms with E-state index < -0.39 is 18.4 Å². The summed E-state index contributed by atoms with van der Waals surface area (Å²) in [6.07, 6.45) is 2.09. The fraction of sp³-hybridized carbons (Fsp3) is 0.467. The van der Waals surface area contributed by atoms with Crippen molar-refractivity contribution >= 4 is 16.8 Å². The van der Waals surface area contributed by atoms with E-state index in [9.17, 15) is 15.0 Å². The molecule has 1 fully saturated rings. The highest BCUT2D eigenvalue weighted by Gasteiger charge is 2.35. The van der Waals surface area contributed by atoms with Crippen LogP contribution >= 0.6 is 0 Å². The number of hydrogen-bond acceptors (Lipinski definition) is 5. The van der Waals surface area contributed by atoms with Crippen LogP contribution in [-0.4, -0.2) is 47.5 Å². The van der Waals surface area contributed by atoms with E-state index in [1.807, 2.05) is 23.1 Å². The number of nitrogens with zero attached hydrogens (tertiary/aromatic N) is 4. The zero-order valence-electron chi connectivity index (χ0n) is 12.9. The van der Waals surface area contributed by atoms with Gasteiger partial charge in [0.25, 0.3) is 5.56 Å². The second-order valence-corrected chi connectivity index (χ2v) is 5.99. The Bertz CT molecular complexity index is 954. The summed E-state index contributed by atoms with van der Waals surface area (Å²) in [5.74, 6) is 0.553. The van der Waals surface area contributed by atoms with Crippen molar-refractivity contribution in [2.24, 2.45) is 7.05 Å². The van der Waals surface area contributed by atoms with Gasteiger partial charge in [-0.3, -0.25) is 13.8 Å². The maximum Gasteiger partial charge on any atom is 0.268 e. The number of hydrogen-bond donors (Lipinski definition) is 2. The van der Waals surface area contributed by atoms with E-state index >= 15 is 0 Å². The van der Waals surface area contributed by atoms with Gasteiger partial charge in [0.05, 0.1) is 23.8 Å². The van der Waals surface area contributed by atoms with Crippen molar-refractivity contribution in [3.05, 3.63) is 34.5 Å². The summed E-state index contributed by atoms with van der Waals surface area (Å²) in [5, 5.41) is 19.7. The van der Waals surface area contributed by atoms with Gasteiger partial charge in [0, 0.05) is 25.9 Å². The zero-order chi connectivity index (χ0) is 16.3. The van der Waals surface area contributed by atoms with Crippen LogP contribution in [-0.2, 0) is 11.8 Å². The molecular formula is C15H18N4O4. The summed E-state index contributed by atoms with van der Waals surface area (Å²) in [6.45, 7) is 1.60. The van der Waals surface area contributed by atoms with Crippen molar-refractivity contribution < 1.29 is 14.9 Å². The Morgan fingerprint density at radius 2 is 2.26 bits per heavy atom. The fourth-order valence-corrected chi connectivity index (χ4v) is 3.34. The Morgan fingerprint density at radius 1 is 1.48 bits per heavy atom. The van der Waals surface area contributed by atoms with Crippen molar-refractivity contribution in [3.63, 3.8) is 0 Å². The van der Waals surface area contributed by atoms with Gasteiger partial charge in [0.2, 0.25) is 5.78 Å². The second kappa shape index (κ2) is 4.92. The Hall–Kier alpha value is -2.16. The van der Waals surface area contributed by atoms with Gasteiger partial charge in [0.1, 0.15) is 18.0 Å². The molecule has 4 rings (SSSR count). The Balaban J connectivity index is 1.94. The molecule has 0 saturated carbocycles. The van der Waals surface area contributed by atoms with Crippen LogP contribution in [0.2, 0.25) is 0 Å². The molecule has 2 N–H and O–H groups in total. The molecule has 0 spiro atoms. The van der Waals surface area contributed by atoms with Gasteiger partial charge in [-0.25, -0.2) is 4.98 Å². The summed E-state index contributed by atoms with van der Waals surface area (Å²) in [7, 11) is 1.84. The molecular weight excluding hydrogens is 300 g/mol. The van der Waals surface area contributed by atoms with Crippen LogP contribution in [0.3, 0.4) is 0 Å². The molecule has 0 aliphatic carbocycles. The number of aliphatic hydroxyl groups excluding tert-OH is 2. The smallest absolute Gasteiger partial charge is 0.268 e. The molecule has 3 atom stereocenters. The fourth-order valence-electron chi connectivity index (χ4n) is 3.34. The lowest BCUT2D eigenvalue weighted by atomic mass is 10.2. The van der Waals surface area contributed by atoms with Crippen LogP contribution in [0.25, 0.3) is 16.8 Å². The van der Waals surface area contributed by atoms with Crippen molar-refractivity contribution in [2.75, 3.05) is 6.61 Å². The summed E-state index contributed by atoms with van der Waals surface area (Å²) in [4.78, 5) is 17.0. The predicted molar refractivity (Wildman–Crippen MR) is 82.3 cm³/mol. The van der Waals surface area contributed by atoms with Gasteiger partial charge >= 0.3 is 0 Å². The maximum atomic E-state index is 12.6. The number of aliphatic hydroxyl groups is 2. The third-order valence-electron chi connectivity index (χ3n) is 4.46. The summed E-state index contributed by atoms with van der Waals surface area (Å²) < 4.78 is 10.9. The average molecular weight is 318 g/mol. The lowest BCUT2D eigenvalue weighted by Crippen LogP contribution is -2.24. The second-order valence-electron chi connectivity index (χ2n) is 5.99. The highest BCUT2D eigenvalue weighted by molar-refractivity contribution is 5.78. The molecule has 8 nitrogen and oxygen atoms in total. The molecule has 1 aliphatic rings. The Labute approximate surface area is 131 Å². The van der Waals surface area contributed by atoms with E-state index in [4.69, 9.17) is 4.74 Å². The van der Waals surface area contributed by atoms with Crippen molar-refractivity contribution in [3.8, 4) is 0 Å². The number of ether oxygens (including phenoxy) is 1. The van der Waals surface area contributed by atoms with Gasteiger partial charge in [0.15, 0.2) is 0 Å². The lowest BCUT2D eigenvalue weighted by molar-refractivity contribution is -0.0431. The summed E-state index contributed by atoms with van der Waals surface area (Å²) in [6, 6.07) is 1.74. The number of fused-ring (bicyclic) bond motifs is 2. The van der Waals surface area contributed by atoms with Gasteiger partial charge in [-0.2, -0.15) is 0 Å². The predicted octanol–water partition coefficient (Wildman–Crippen LogP) is -0.0632. The molecule has 8 heteroatoms. The van der Waals surface area contributed by atoms with Crippen LogP contribution in [0.15, 0.2) is 23.3 Å². The van der Waals surface area contributed by atoms with E-state index in [1.165, 1.54) is 4.40 Å². The Morgan fingerprint density at radius 3 is 2.96 bits per heavy atom. The van der Waals surface area contributed by atoms with Gasteiger partial charge in [-0.05, 0) is 13.0 Å². The van der Waals surface area contributed by atoms with E-state index in [0.717, 1.165) is 5.69 Å². The average Bonchev–Trinajstić information content (AvgIpc) is 3.20. The first-order valence-electron chi connectivity index (χ1n) is 7.51. The molecule has 122 valence electrons. The molecule has 0 bridgehead atoms. The van der Waals surface area contributed by atoms with Gasteiger partial charge in [-0.1, -0.05) is 0 Å². The third-order valence-corrected chi connectivity index (χ3v) is 4.46. The number of aromatic nitrogens is 4. The number of aryl methyl sites for hydroxylation is 2. The Kier molecular flexibility index (Phi) is 3.09. The lowest BCUT2D eigenvalue weighted by Gasteiger charge is -2.16. The largest absolute Gasteiger partial charge is 0.394 e. The third kappa shape index (κ3) is 1.95. The summed E-state index contributed by atoms with van der Waals surface area (Å²) >= 11 is 0. The molecule has 0 aromatic carbocycles. The first kappa shape index (κ1) is 14.4. The maximum absolute atomic E-state index is 12.6. The molecule has 23 heavy (non-hydrogen) atoms. The highest BCUT2D eigenvalue weighted by atomic mass is 16.5. The van der Waals surface area contributed by atoms with Crippen LogP contribution in [0, 0.1) is 6.92 Å². The minimum absolute atomic E-state index is 0.135. The topological polar surface area (TPSA) is 93.9 Å². The first-order chi connectivity index (χ1) is 11.0. The first-order valence-corrected chi connectivity index (χ1v) is 7.51. The monoisotopic (exact) mass is 318 g/mol. The van der Waals surface area contributed by atoms with Gasteiger partial charge in [-0.15, -0.1) is 0 Å². The molecule has 1 saturated heterocycles. The van der Waals surface area contributed by atoms with Crippen LogP contribution in [0.4, 0.5) is 0 Å². The number of imidazole rings is 1. The van der Waals surface area contributed by atoms with E-state index in [2.05, 4.69) is 4.98 Å². The van der Waals surface area contributed by atoms with Crippen molar-refractivity contribution in [1.29, 1.82) is 0 Å². The molecule has 3 aromatic rings. The number of rotatable bonds is 2. The standard InChI is InChI=1S/C15H18N4O4/c1-8-6-19-14(22)9-3-4-18(13(9)17(2)15(19)16-8)12-5-10(21)11(7-20)23-12/h3-4,6,10-12,20-21H,5,7H2,1-2H3/t10-,11+,12+/m0/s1. The molecule has 3 aromatic heterocycles. The van der Waals surface area contributed by atoms with E-state index in [1.54, 1.807) is 18.5 Å². The molecule has 4 heterocycles. The minimum atomic E-state index is -0.725. The van der Waals surface area contributed by atoms with Crippen molar-refractivity contribution in [2.45, 2.75) is 31.8 Å². The van der Waals surface area contributed by atoms with Crippen molar-refractivity contribution in [1.82, 2.24) is 18.5 Å². The van der Waals surface area contributed by atoms with Crippen LogP contribution < -0.4 is 5.56 Å². The summed E-state index contributed by atoms with van der Waals surface area (Å²) in [5.41, 5.74) is 1.32. The normalized spacial score (nSPS) is 25.0. The van der Waals surface area contributed by atoms with Gasteiger partial charge < -0.3 is 19.5 Å². The SMILES string of the molecule is Cc1cn2c(=O)c3ccn([C@H]4C[C@H](O)[C@@H](CO)O4)c3n(C)c2n1. The molecule has 0 amide bonds. The van der Waals surface area contributed by atoms with Crippen LogP contribution in [0.5, 0.6) is 0 Å². The molecule has 1 aliphatic heterocycles. The minimum Gasteiger partial charge on any atom is -0.394 e. The zero-order valence-corrected chi connectivity index (χ0v) is 12.9. The van der Waals surface area contributed by atoms with E-state index in [0.29, 0.717) is 23.2 Å². The molecule has 0 unspecified atom stereocenters. The van der Waals surface area contributed by atoms with E-state index in [-0.39, 0.29) is 12.2 Å².